The maximum Gasteiger partial charge on any atom is 0.310 e. The Kier molecular flexibility index (Phi) is 9.18. The molecule has 5 heteroatoms. The zero-order chi connectivity index (χ0) is 12.4. The van der Waals surface area contributed by atoms with Crippen molar-refractivity contribution in [1.82, 2.24) is 0 Å². The molecule has 5 nitrogen and oxygen atoms in total. The van der Waals surface area contributed by atoms with Gasteiger partial charge in [-0.3, -0.25) is 4.79 Å². The van der Waals surface area contributed by atoms with Gasteiger partial charge in [-0.1, -0.05) is 6.92 Å². The topological polar surface area (TPSA) is 70.8 Å². The fourth-order valence-electron chi connectivity index (χ4n) is 0.924. The SMILES string of the molecule is COCCOCCCOC(=O)C(C)C(C)N. The Morgan fingerprint density at radius 1 is 1.19 bits per heavy atom. The summed E-state index contributed by atoms with van der Waals surface area (Å²) in [5, 5.41) is 0. The molecule has 2 atom stereocenters. The van der Waals surface area contributed by atoms with Crippen molar-refractivity contribution in [2.75, 3.05) is 33.5 Å². The molecule has 0 saturated carbocycles. The highest BCUT2D eigenvalue weighted by atomic mass is 16.5. The molecule has 0 aliphatic rings. The summed E-state index contributed by atoms with van der Waals surface area (Å²) in [5.41, 5.74) is 5.58. The van der Waals surface area contributed by atoms with E-state index in [2.05, 4.69) is 0 Å². The first-order valence-corrected chi connectivity index (χ1v) is 5.58. The van der Waals surface area contributed by atoms with E-state index in [4.69, 9.17) is 19.9 Å². The van der Waals surface area contributed by atoms with Crippen LogP contribution in [0.4, 0.5) is 0 Å². The number of carbonyl (C=O) groups excluding carboxylic acids is 1. The van der Waals surface area contributed by atoms with Crippen LogP contribution in [0.3, 0.4) is 0 Å². The standard InChI is InChI=1S/C11H23NO4/c1-9(10(2)12)11(13)16-6-4-5-15-8-7-14-3/h9-10H,4-8,12H2,1-3H3. The predicted molar refractivity (Wildman–Crippen MR) is 61.1 cm³/mol. The van der Waals surface area contributed by atoms with Crippen LogP contribution in [0, 0.1) is 5.92 Å². The first kappa shape index (κ1) is 15.3. The lowest BCUT2D eigenvalue weighted by molar-refractivity contribution is -0.148. The number of carbonyl (C=O) groups is 1. The van der Waals surface area contributed by atoms with Crippen molar-refractivity contribution in [1.29, 1.82) is 0 Å². The second-order valence-electron chi connectivity index (χ2n) is 3.77. The summed E-state index contributed by atoms with van der Waals surface area (Å²) in [4.78, 5) is 11.4. The van der Waals surface area contributed by atoms with E-state index >= 15 is 0 Å². The number of ether oxygens (including phenoxy) is 3. The van der Waals surface area contributed by atoms with Crippen molar-refractivity contribution < 1.29 is 19.0 Å². The van der Waals surface area contributed by atoms with Crippen LogP contribution in [0.5, 0.6) is 0 Å². The minimum absolute atomic E-state index is 0.176. The van der Waals surface area contributed by atoms with Crippen LogP contribution in [0.1, 0.15) is 20.3 Å². The molecule has 0 aromatic heterocycles. The van der Waals surface area contributed by atoms with Gasteiger partial charge in [-0.25, -0.2) is 0 Å². The number of hydrogen-bond donors (Lipinski definition) is 1. The quantitative estimate of drug-likeness (QED) is 0.465. The van der Waals surface area contributed by atoms with Crippen molar-refractivity contribution in [2.45, 2.75) is 26.3 Å². The number of hydrogen-bond acceptors (Lipinski definition) is 5. The third-order valence-electron chi connectivity index (χ3n) is 2.27. The molecule has 0 aromatic rings. The Labute approximate surface area is 97.2 Å². The van der Waals surface area contributed by atoms with Crippen molar-refractivity contribution >= 4 is 5.97 Å². The normalized spacial score (nSPS) is 14.5. The molecular formula is C11H23NO4. The Morgan fingerprint density at radius 3 is 2.44 bits per heavy atom. The summed E-state index contributed by atoms with van der Waals surface area (Å²) in [7, 11) is 1.63. The van der Waals surface area contributed by atoms with Crippen LogP contribution in [0.2, 0.25) is 0 Å². The average Bonchev–Trinajstić information content (AvgIpc) is 2.26. The molecule has 2 unspecified atom stereocenters. The van der Waals surface area contributed by atoms with Crippen molar-refractivity contribution in [3.63, 3.8) is 0 Å². The van der Waals surface area contributed by atoms with E-state index < -0.39 is 0 Å². The van der Waals surface area contributed by atoms with E-state index in [1.807, 2.05) is 0 Å². The second kappa shape index (κ2) is 9.57. The van der Waals surface area contributed by atoms with E-state index in [-0.39, 0.29) is 17.9 Å². The second-order valence-corrected chi connectivity index (χ2v) is 3.77. The molecule has 2 N–H and O–H groups in total. The summed E-state index contributed by atoms with van der Waals surface area (Å²) in [6, 6.07) is -0.176. The van der Waals surface area contributed by atoms with Gasteiger partial charge < -0.3 is 19.9 Å². The van der Waals surface area contributed by atoms with E-state index in [1.165, 1.54) is 0 Å². The van der Waals surface area contributed by atoms with Gasteiger partial charge in [0.1, 0.15) is 0 Å². The molecule has 16 heavy (non-hydrogen) atoms. The molecule has 0 aromatic carbocycles. The maximum absolute atomic E-state index is 11.4. The van der Waals surface area contributed by atoms with Gasteiger partial charge in [0, 0.05) is 26.2 Å². The lowest BCUT2D eigenvalue weighted by Crippen LogP contribution is -2.32. The van der Waals surface area contributed by atoms with Gasteiger partial charge in [-0.15, -0.1) is 0 Å². The molecule has 0 bridgehead atoms. The van der Waals surface area contributed by atoms with Crippen molar-refractivity contribution in [3.05, 3.63) is 0 Å². The summed E-state index contributed by atoms with van der Waals surface area (Å²) in [5.74, 6) is -0.499. The van der Waals surface area contributed by atoms with Gasteiger partial charge in [0.15, 0.2) is 0 Å². The monoisotopic (exact) mass is 233 g/mol. The maximum atomic E-state index is 11.4. The highest BCUT2D eigenvalue weighted by Gasteiger charge is 2.17. The third-order valence-corrected chi connectivity index (χ3v) is 2.27. The molecule has 0 rings (SSSR count). The predicted octanol–water partition coefficient (Wildman–Crippen LogP) is 0.566. The minimum Gasteiger partial charge on any atom is -0.465 e. The molecule has 0 aliphatic heterocycles. The van der Waals surface area contributed by atoms with E-state index in [0.29, 0.717) is 32.8 Å². The lowest BCUT2D eigenvalue weighted by atomic mass is 10.1. The van der Waals surface area contributed by atoms with E-state index in [9.17, 15) is 4.79 Å². The van der Waals surface area contributed by atoms with Crippen LogP contribution in [-0.4, -0.2) is 45.5 Å². The Balaban J connectivity index is 3.34. The fourth-order valence-corrected chi connectivity index (χ4v) is 0.924. The van der Waals surface area contributed by atoms with Crippen LogP contribution in [0.25, 0.3) is 0 Å². The highest BCUT2D eigenvalue weighted by molar-refractivity contribution is 5.72. The number of methoxy groups -OCH3 is 1. The minimum atomic E-state index is -0.255. The van der Waals surface area contributed by atoms with Crippen LogP contribution < -0.4 is 5.73 Å². The molecule has 0 saturated heterocycles. The van der Waals surface area contributed by atoms with Crippen LogP contribution in [-0.2, 0) is 19.0 Å². The molecule has 0 aliphatic carbocycles. The molecule has 0 radical (unpaired) electrons. The highest BCUT2D eigenvalue weighted by Crippen LogP contribution is 2.02. The van der Waals surface area contributed by atoms with E-state index in [1.54, 1.807) is 21.0 Å². The largest absolute Gasteiger partial charge is 0.465 e. The van der Waals surface area contributed by atoms with Crippen molar-refractivity contribution in [2.24, 2.45) is 11.7 Å². The third kappa shape index (κ3) is 7.62. The first-order chi connectivity index (χ1) is 7.59. The molecule has 0 fully saturated rings. The zero-order valence-electron chi connectivity index (χ0n) is 10.4. The number of nitrogens with two attached hydrogens (primary N) is 1. The van der Waals surface area contributed by atoms with Gasteiger partial charge in [-0.2, -0.15) is 0 Å². The molecule has 0 spiro atoms. The smallest absolute Gasteiger partial charge is 0.310 e. The number of rotatable bonds is 9. The van der Waals surface area contributed by atoms with Crippen LogP contribution in [0.15, 0.2) is 0 Å². The fraction of sp³-hybridized carbons (Fsp3) is 0.909. The Hall–Kier alpha value is -0.650. The Morgan fingerprint density at radius 2 is 1.88 bits per heavy atom. The number of esters is 1. The van der Waals surface area contributed by atoms with E-state index in [0.717, 1.165) is 0 Å². The average molecular weight is 233 g/mol. The van der Waals surface area contributed by atoms with Gasteiger partial charge in [0.2, 0.25) is 0 Å². The Bertz CT molecular complexity index is 185. The van der Waals surface area contributed by atoms with Gasteiger partial charge in [-0.05, 0) is 6.92 Å². The first-order valence-electron chi connectivity index (χ1n) is 5.58. The molecular weight excluding hydrogens is 210 g/mol. The summed E-state index contributed by atoms with van der Waals surface area (Å²) >= 11 is 0. The van der Waals surface area contributed by atoms with Gasteiger partial charge in [0.05, 0.1) is 25.7 Å². The molecule has 0 heterocycles. The lowest BCUT2D eigenvalue weighted by Gasteiger charge is -2.14. The summed E-state index contributed by atoms with van der Waals surface area (Å²) in [6.45, 7) is 5.66. The van der Waals surface area contributed by atoms with Gasteiger partial charge in [0.25, 0.3) is 0 Å². The van der Waals surface area contributed by atoms with Gasteiger partial charge >= 0.3 is 5.97 Å². The van der Waals surface area contributed by atoms with Crippen molar-refractivity contribution in [3.8, 4) is 0 Å². The van der Waals surface area contributed by atoms with Crippen LogP contribution >= 0.6 is 0 Å². The molecule has 96 valence electrons. The molecule has 0 amide bonds. The zero-order valence-corrected chi connectivity index (χ0v) is 10.4. The summed E-state index contributed by atoms with van der Waals surface area (Å²) < 4.78 is 15.1. The summed E-state index contributed by atoms with van der Waals surface area (Å²) in [6.07, 6.45) is 0.696.